The number of nitrogens with zero attached hydrogens (tertiary/aromatic N) is 3. The van der Waals surface area contributed by atoms with Crippen molar-refractivity contribution in [1.82, 2.24) is 0 Å². The Hall–Kier alpha value is -7.19. The van der Waals surface area contributed by atoms with Crippen molar-refractivity contribution in [3.63, 3.8) is 0 Å². The Morgan fingerprint density at radius 3 is 1.96 bits per heavy atom. The van der Waals surface area contributed by atoms with Gasteiger partial charge in [0.1, 0.15) is 5.75 Å². The number of nitrogen functional groups attached to an aromatic ring is 1. The van der Waals surface area contributed by atoms with Crippen LogP contribution in [0.25, 0.3) is 11.1 Å². The summed E-state index contributed by atoms with van der Waals surface area (Å²) < 4.78 is 0. The maximum Gasteiger partial charge on any atom is 0.147 e. The number of phenolic OH excluding ortho intramolecular Hbond substituents is 1. The molecule has 0 bridgehead atoms. The molecule has 53 heavy (non-hydrogen) atoms. The van der Waals surface area contributed by atoms with Crippen molar-refractivity contribution >= 4 is 63.2 Å². The minimum absolute atomic E-state index is 0.128. The molecular weight excluding hydrogens is 655 g/mol. The third-order valence-corrected chi connectivity index (χ3v) is 8.96. The molecule has 7 aromatic rings. The zero-order valence-electron chi connectivity index (χ0n) is 29.4. The fourth-order valence-corrected chi connectivity index (χ4v) is 6.17. The number of para-hydroxylation sites is 7. The van der Waals surface area contributed by atoms with Gasteiger partial charge in [-0.05, 0) is 78.9 Å². The summed E-state index contributed by atoms with van der Waals surface area (Å²) in [6.07, 6.45) is 1.69. The van der Waals surface area contributed by atoms with Gasteiger partial charge in [-0.2, -0.15) is 0 Å². The Morgan fingerprint density at radius 1 is 0.604 bits per heavy atom. The zero-order valence-corrected chi connectivity index (χ0v) is 29.4. The van der Waals surface area contributed by atoms with Crippen molar-refractivity contribution in [2.24, 2.45) is 4.99 Å². The van der Waals surface area contributed by atoms with E-state index < -0.39 is 0 Å². The summed E-state index contributed by atoms with van der Waals surface area (Å²) in [6, 6.07) is 57.6. The van der Waals surface area contributed by atoms with Crippen LogP contribution >= 0.6 is 0 Å². The summed E-state index contributed by atoms with van der Waals surface area (Å²) in [5.41, 5.74) is 16.6. The molecule has 7 rings (SSSR count). The Kier molecular flexibility index (Phi) is 10.5. The third-order valence-electron chi connectivity index (χ3n) is 8.96. The lowest BCUT2D eigenvalue weighted by Crippen LogP contribution is -2.25. The van der Waals surface area contributed by atoms with Crippen LogP contribution in [0.3, 0.4) is 0 Å². The van der Waals surface area contributed by atoms with Crippen LogP contribution in [0.4, 0.5) is 56.9 Å². The van der Waals surface area contributed by atoms with Crippen LogP contribution in [0.5, 0.6) is 5.75 Å². The van der Waals surface area contributed by atoms with Crippen molar-refractivity contribution in [2.75, 3.05) is 45.2 Å². The van der Waals surface area contributed by atoms with Gasteiger partial charge in [-0.1, -0.05) is 97.1 Å². The zero-order chi connectivity index (χ0) is 36.4. The molecule has 0 spiro atoms. The summed E-state index contributed by atoms with van der Waals surface area (Å²) in [5.74, 6) is 0.128. The first-order chi connectivity index (χ1) is 26.0. The van der Waals surface area contributed by atoms with Gasteiger partial charge in [0.05, 0.1) is 47.1 Å². The largest absolute Gasteiger partial charge is 0.505 e. The van der Waals surface area contributed by atoms with E-state index in [1.54, 1.807) is 6.34 Å². The highest BCUT2D eigenvalue weighted by molar-refractivity contribution is 5.92. The van der Waals surface area contributed by atoms with Crippen LogP contribution in [0.1, 0.15) is 0 Å². The predicted molar refractivity (Wildman–Crippen MR) is 224 cm³/mol. The molecule has 0 aliphatic rings. The Balaban J connectivity index is 1.22. The van der Waals surface area contributed by atoms with E-state index in [0.717, 1.165) is 51.1 Å². The van der Waals surface area contributed by atoms with Crippen LogP contribution in [-0.2, 0) is 0 Å². The third kappa shape index (κ3) is 8.08. The second kappa shape index (κ2) is 16.2. The molecule has 7 aromatic carbocycles. The molecule has 0 amide bonds. The molecule has 0 radical (unpaired) electrons. The van der Waals surface area contributed by atoms with E-state index in [9.17, 15) is 5.11 Å². The average Bonchev–Trinajstić information content (AvgIpc) is 3.21. The van der Waals surface area contributed by atoms with Gasteiger partial charge in [0.25, 0.3) is 0 Å². The lowest BCUT2D eigenvalue weighted by molar-refractivity contribution is 0.477. The summed E-state index contributed by atoms with van der Waals surface area (Å²) in [4.78, 5) is 8.63. The van der Waals surface area contributed by atoms with Gasteiger partial charge >= 0.3 is 0 Å². The fraction of sp³-hybridized carbons (Fsp3) is 0.0444. The number of aliphatic imine (C=N–C) groups is 1. The monoisotopic (exact) mass is 695 g/mol. The van der Waals surface area contributed by atoms with Crippen molar-refractivity contribution in [2.45, 2.75) is 0 Å². The minimum Gasteiger partial charge on any atom is -0.505 e. The number of nitrogens with two attached hydrogens (primary N) is 1. The van der Waals surface area contributed by atoms with Crippen LogP contribution in [-0.4, -0.2) is 25.2 Å². The highest BCUT2D eigenvalue weighted by atomic mass is 16.3. The summed E-state index contributed by atoms with van der Waals surface area (Å²) >= 11 is 0. The molecule has 0 aromatic heterocycles. The molecule has 0 aliphatic carbocycles. The Bertz CT molecular complexity index is 2300. The molecule has 0 atom stereocenters. The molecule has 6 N–H and O–H groups in total. The number of hydrogen-bond acceptors (Lipinski definition) is 7. The topological polar surface area (TPSA) is 101 Å². The number of nitrogens with one attached hydrogen (secondary N) is 3. The smallest absolute Gasteiger partial charge is 0.147 e. The van der Waals surface area contributed by atoms with Gasteiger partial charge in [0.2, 0.25) is 0 Å². The van der Waals surface area contributed by atoms with E-state index in [4.69, 9.17) is 5.73 Å². The lowest BCUT2D eigenvalue weighted by Gasteiger charge is -2.29. The number of phenols is 1. The van der Waals surface area contributed by atoms with E-state index in [1.807, 2.05) is 176 Å². The number of hydrogen-bond donors (Lipinski definition) is 5. The van der Waals surface area contributed by atoms with E-state index >= 15 is 0 Å². The van der Waals surface area contributed by atoms with Gasteiger partial charge in [0.15, 0.2) is 0 Å². The molecular formula is C45H41N7O. The molecule has 8 nitrogen and oxygen atoms in total. The minimum atomic E-state index is 0.128. The van der Waals surface area contributed by atoms with Crippen molar-refractivity contribution in [3.8, 4) is 16.9 Å². The van der Waals surface area contributed by atoms with E-state index in [1.165, 1.54) is 0 Å². The maximum atomic E-state index is 12.1. The van der Waals surface area contributed by atoms with Crippen LogP contribution in [0.2, 0.25) is 0 Å². The van der Waals surface area contributed by atoms with Gasteiger partial charge in [0, 0.05) is 40.9 Å². The first-order valence-corrected chi connectivity index (χ1v) is 17.4. The Morgan fingerprint density at radius 2 is 1.23 bits per heavy atom. The fourth-order valence-electron chi connectivity index (χ4n) is 6.17. The molecule has 262 valence electrons. The lowest BCUT2D eigenvalue weighted by atomic mass is 10.0. The van der Waals surface area contributed by atoms with Gasteiger partial charge < -0.3 is 36.6 Å². The first-order valence-electron chi connectivity index (χ1n) is 17.4. The second-order valence-electron chi connectivity index (χ2n) is 12.4. The van der Waals surface area contributed by atoms with Crippen LogP contribution in [0, 0.1) is 0 Å². The number of anilines is 9. The van der Waals surface area contributed by atoms with Crippen LogP contribution in [0.15, 0.2) is 181 Å². The first kappa shape index (κ1) is 34.3. The number of benzene rings is 7. The second-order valence-corrected chi connectivity index (χ2v) is 12.4. The van der Waals surface area contributed by atoms with Crippen LogP contribution < -0.4 is 31.5 Å². The Labute approximate surface area is 310 Å². The highest BCUT2D eigenvalue weighted by Gasteiger charge is 2.21. The summed E-state index contributed by atoms with van der Waals surface area (Å²) in [7, 11) is 2.02. The molecule has 0 saturated carbocycles. The van der Waals surface area contributed by atoms with E-state index in [2.05, 4.69) is 38.0 Å². The molecule has 0 fully saturated rings. The quantitative estimate of drug-likeness (QED) is 0.0354. The number of aromatic hydroxyl groups is 1. The van der Waals surface area contributed by atoms with E-state index in [0.29, 0.717) is 23.6 Å². The molecule has 0 unspecified atom stereocenters. The molecule has 0 aliphatic heterocycles. The predicted octanol–water partition coefficient (Wildman–Crippen LogP) is 11.1. The van der Waals surface area contributed by atoms with Crippen molar-refractivity contribution in [1.29, 1.82) is 0 Å². The maximum absolute atomic E-state index is 12.1. The summed E-state index contributed by atoms with van der Waals surface area (Å²) in [5, 5.41) is 22.6. The van der Waals surface area contributed by atoms with Gasteiger partial charge in [-0.15, -0.1) is 0 Å². The van der Waals surface area contributed by atoms with E-state index in [-0.39, 0.29) is 5.75 Å². The SMILES string of the molecule is CN(c1ccccc1)c1ccc(N(CNc2ccccc2)c2cccc(-c3ccccc3Nc3ccccc3NC=Nc3ccccc3)c2O)c(N)c1. The molecule has 0 heterocycles. The average molecular weight is 696 g/mol. The normalized spacial score (nSPS) is 10.9. The standard InChI is InChI=1S/C45H41N7O/c1-51(35-20-9-4-10-21-35)36-28-29-43(39(46)30-36)52(32-49-34-18-7-3-8-19-34)44-27-15-23-38(45(44)53)37-22-11-12-24-40(37)50-42-26-14-13-25-41(42)48-31-47-33-16-5-2-6-17-33/h2-31,49-50,53H,32,46H2,1H3,(H,47,48). The van der Waals surface area contributed by atoms with Gasteiger partial charge in [-0.3, -0.25) is 0 Å². The van der Waals surface area contributed by atoms with Crippen molar-refractivity contribution < 1.29 is 5.11 Å². The molecule has 0 saturated heterocycles. The van der Waals surface area contributed by atoms with Gasteiger partial charge in [-0.25, -0.2) is 4.99 Å². The molecule has 8 heteroatoms. The highest BCUT2D eigenvalue weighted by Crippen LogP contribution is 2.45. The summed E-state index contributed by atoms with van der Waals surface area (Å²) in [6.45, 7) is 0.350. The van der Waals surface area contributed by atoms with Crippen molar-refractivity contribution in [3.05, 3.63) is 176 Å². The number of rotatable bonds is 13.